The van der Waals surface area contributed by atoms with Crippen LogP contribution in [-0.2, 0) is 15.7 Å². The summed E-state index contributed by atoms with van der Waals surface area (Å²) in [6.45, 7) is 5.96. The number of rotatable bonds is 2. The highest BCUT2D eigenvalue weighted by Crippen LogP contribution is 2.36. The fraction of sp³-hybridized carbons (Fsp3) is 0.429. The lowest BCUT2D eigenvalue weighted by Crippen LogP contribution is -2.28. The molecule has 122 valence electrons. The van der Waals surface area contributed by atoms with Crippen LogP contribution in [0.1, 0.15) is 33.3 Å². The molecule has 8 heteroatoms. The number of hydrogen-bond acceptors (Lipinski definition) is 3. The zero-order chi connectivity index (χ0) is 17.1. The minimum atomic E-state index is -4.70. The second-order valence-electron chi connectivity index (χ2n) is 5.57. The van der Waals surface area contributed by atoms with Crippen molar-refractivity contribution in [2.75, 3.05) is 10.6 Å². The number of halogens is 3. The van der Waals surface area contributed by atoms with Gasteiger partial charge in [-0.3, -0.25) is 10.1 Å². The van der Waals surface area contributed by atoms with Crippen molar-refractivity contribution in [3.8, 4) is 0 Å². The van der Waals surface area contributed by atoms with Gasteiger partial charge in [0.1, 0.15) is 5.60 Å². The van der Waals surface area contributed by atoms with Crippen LogP contribution in [0.25, 0.3) is 0 Å². The van der Waals surface area contributed by atoms with Crippen LogP contribution in [0.5, 0.6) is 0 Å². The van der Waals surface area contributed by atoms with Gasteiger partial charge < -0.3 is 10.1 Å². The van der Waals surface area contributed by atoms with Gasteiger partial charge in [-0.15, -0.1) is 0 Å². The van der Waals surface area contributed by atoms with Gasteiger partial charge in [0.05, 0.1) is 11.3 Å². The molecule has 2 amide bonds. The molecule has 0 atom stereocenters. The number of nitrogens with one attached hydrogen (secondary N) is 2. The molecular weight excluding hydrogens is 301 g/mol. The third-order valence-corrected chi connectivity index (χ3v) is 2.28. The van der Waals surface area contributed by atoms with Crippen molar-refractivity contribution in [2.24, 2.45) is 0 Å². The molecule has 5 nitrogen and oxygen atoms in total. The average molecular weight is 318 g/mol. The molecule has 0 saturated heterocycles. The van der Waals surface area contributed by atoms with Crippen molar-refractivity contribution in [1.82, 2.24) is 0 Å². The van der Waals surface area contributed by atoms with Crippen LogP contribution in [0.2, 0.25) is 0 Å². The first-order valence-corrected chi connectivity index (χ1v) is 6.37. The van der Waals surface area contributed by atoms with Crippen molar-refractivity contribution in [3.05, 3.63) is 23.8 Å². The molecule has 0 radical (unpaired) electrons. The number of amides is 2. The number of anilines is 2. The predicted molar refractivity (Wildman–Crippen MR) is 75.6 cm³/mol. The molecule has 0 saturated carbocycles. The smallest absolute Gasteiger partial charge is 0.418 e. The first-order chi connectivity index (χ1) is 9.88. The van der Waals surface area contributed by atoms with E-state index < -0.39 is 35.0 Å². The molecule has 0 unspecified atom stereocenters. The molecule has 0 aliphatic carbocycles. The number of benzene rings is 1. The third kappa shape index (κ3) is 5.63. The molecule has 1 aromatic rings. The van der Waals surface area contributed by atoms with Gasteiger partial charge in [-0.25, -0.2) is 4.79 Å². The Bertz CT molecular complexity index is 578. The van der Waals surface area contributed by atoms with Crippen LogP contribution < -0.4 is 10.6 Å². The van der Waals surface area contributed by atoms with E-state index in [1.54, 1.807) is 20.8 Å². The maximum atomic E-state index is 13.0. The summed E-state index contributed by atoms with van der Waals surface area (Å²) in [6.07, 6.45) is -5.69. The Hall–Kier alpha value is -2.25. The topological polar surface area (TPSA) is 67.4 Å². The Labute approximate surface area is 125 Å². The van der Waals surface area contributed by atoms with Crippen LogP contribution >= 0.6 is 0 Å². The van der Waals surface area contributed by atoms with Gasteiger partial charge in [0.2, 0.25) is 5.91 Å². The van der Waals surface area contributed by atoms with Gasteiger partial charge in [0.25, 0.3) is 0 Å². The van der Waals surface area contributed by atoms with Gasteiger partial charge in [-0.05, 0) is 39.0 Å². The maximum Gasteiger partial charge on any atom is 0.418 e. The van der Waals surface area contributed by atoms with E-state index in [1.165, 1.54) is 13.0 Å². The van der Waals surface area contributed by atoms with E-state index in [4.69, 9.17) is 4.74 Å². The first-order valence-electron chi connectivity index (χ1n) is 6.37. The van der Waals surface area contributed by atoms with Gasteiger partial charge >= 0.3 is 12.3 Å². The molecule has 0 spiro atoms. The average Bonchev–Trinajstić information content (AvgIpc) is 2.26. The maximum absolute atomic E-state index is 13.0. The minimum absolute atomic E-state index is 0.0189. The Balaban J connectivity index is 3.08. The van der Waals surface area contributed by atoms with Crippen molar-refractivity contribution in [2.45, 2.75) is 39.5 Å². The van der Waals surface area contributed by atoms with Crippen molar-refractivity contribution < 1.29 is 27.5 Å². The second kappa shape index (κ2) is 6.25. The molecule has 1 rings (SSSR count). The Morgan fingerprint density at radius 2 is 1.68 bits per heavy atom. The van der Waals surface area contributed by atoms with Crippen molar-refractivity contribution in [3.63, 3.8) is 0 Å². The summed E-state index contributed by atoms with van der Waals surface area (Å²) in [5, 5.41) is 4.31. The lowest BCUT2D eigenvalue weighted by molar-refractivity contribution is -0.137. The highest BCUT2D eigenvalue weighted by molar-refractivity contribution is 5.90. The number of carbonyl (C=O) groups is 2. The molecule has 0 aromatic heterocycles. The quantitative estimate of drug-likeness (QED) is 0.865. The van der Waals surface area contributed by atoms with E-state index in [2.05, 4.69) is 10.6 Å². The standard InChI is InChI=1S/C14H17F3N2O3/c1-8(20)18-9-5-6-11(10(7-9)14(15,16)17)19-12(21)22-13(2,3)4/h5-7H,1-4H3,(H,18,20)(H,19,21). The molecule has 0 aliphatic rings. The van der Waals surface area contributed by atoms with E-state index in [1.807, 2.05) is 0 Å². The van der Waals surface area contributed by atoms with Gasteiger partial charge in [0.15, 0.2) is 0 Å². The molecule has 0 heterocycles. The van der Waals surface area contributed by atoms with Crippen molar-refractivity contribution in [1.29, 1.82) is 0 Å². The molecule has 1 aromatic carbocycles. The van der Waals surface area contributed by atoms with Crippen LogP contribution in [0.3, 0.4) is 0 Å². The van der Waals surface area contributed by atoms with E-state index in [0.29, 0.717) is 0 Å². The summed E-state index contributed by atoms with van der Waals surface area (Å²) >= 11 is 0. The molecule has 0 aliphatic heterocycles. The highest BCUT2D eigenvalue weighted by Gasteiger charge is 2.34. The second-order valence-corrected chi connectivity index (χ2v) is 5.57. The number of carbonyl (C=O) groups excluding carboxylic acids is 2. The zero-order valence-electron chi connectivity index (χ0n) is 12.6. The Kier molecular flexibility index (Phi) is 5.05. The summed E-state index contributed by atoms with van der Waals surface area (Å²) in [7, 11) is 0. The Morgan fingerprint density at radius 1 is 1.09 bits per heavy atom. The summed E-state index contributed by atoms with van der Waals surface area (Å²) in [5.74, 6) is -0.499. The summed E-state index contributed by atoms with van der Waals surface area (Å²) < 4.78 is 44.1. The summed E-state index contributed by atoms with van der Waals surface area (Å²) in [6, 6.07) is 3.05. The number of ether oxygens (including phenoxy) is 1. The van der Waals surface area contributed by atoms with Crippen LogP contribution in [0, 0.1) is 0 Å². The summed E-state index contributed by atoms with van der Waals surface area (Å²) in [5.41, 5.74) is -2.38. The molecule has 2 N–H and O–H groups in total. The third-order valence-electron chi connectivity index (χ3n) is 2.28. The number of hydrogen-bond donors (Lipinski definition) is 2. The highest BCUT2D eigenvalue weighted by atomic mass is 19.4. The normalized spacial score (nSPS) is 11.8. The first kappa shape index (κ1) is 17.8. The van der Waals surface area contributed by atoms with Gasteiger partial charge in [-0.2, -0.15) is 13.2 Å². The SMILES string of the molecule is CC(=O)Nc1ccc(NC(=O)OC(C)(C)C)c(C(F)(F)F)c1. The fourth-order valence-corrected chi connectivity index (χ4v) is 1.58. The molecule has 0 fully saturated rings. The largest absolute Gasteiger partial charge is 0.444 e. The molecular formula is C14H17F3N2O3. The lowest BCUT2D eigenvalue weighted by Gasteiger charge is -2.21. The fourth-order valence-electron chi connectivity index (χ4n) is 1.58. The summed E-state index contributed by atoms with van der Waals surface area (Å²) in [4.78, 5) is 22.5. The van der Waals surface area contributed by atoms with Crippen LogP contribution in [0.4, 0.5) is 29.3 Å². The van der Waals surface area contributed by atoms with Crippen LogP contribution in [-0.4, -0.2) is 17.6 Å². The van der Waals surface area contributed by atoms with E-state index in [9.17, 15) is 22.8 Å². The monoisotopic (exact) mass is 318 g/mol. The van der Waals surface area contributed by atoms with Crippen LogP contribution in [0.15, 0.2) is 18.2 Å². The van der Waals surface area contributed by atoms with E-state index in [-0.39, 0.29) is 5.69 Å². The zero-order valence-corrected chi connectivity index (χ0v) is 12.6. The Morgan fingerprint density at radius 3 is 2.14 bits per heavy atom. The lowest BCUT2D eigenvalue weighted by atomic mass is 10.1. The van der Waals surface area contributed by atoms with E-state index in [0.717, 1.165) is 12.1 Å². The molecule has 0 bridgehead atoms. The molecule has 22 heavy (non-hydrogen) atoms. The number of alkyl halides is 3. The van der Waals surface area contributed by atoms with Crippen molar-refractivity contribution >= 4 is 23.4 Å². The van der Waals surface area contributed by atoms with E-state index >= 15 is 0 Å². The minimum Gasteiger partial charge on any atom is -0.444 e. The van der Waals surface area contributed by atoms with Gasteiger partial charge in [-0.1, -0.05) is 0 Å². The van der Waals surface area contributed by atoms with Gasteiger partial charge in [0, 0.05) is 12.6 Å². The predicted octanol–water partition coefficient (Wildman–Crippen LogP) is 4.01.